The molecule has 0 bridgehead atoms. The lowest BCUT2D eigenvalue weighted by Gasteiger charge is -2.10. The Morgan fingerprint density at radius 2 is 1.93 bits per heavy atom. The maximum atomic E-state index is 12.2. The first-order chi connectivity index (χ1) is 12.9. The third-order valence-corrected chi connectivity index (χ3v) is 6.11. The van der Waals surface area contributed by atoms with E-state index in [4.69, 9.17) is 4.74 Å². The minimum absolute atomic E-state index is 0.0873. The van der Waals surface area contributed by atoms with Crippen LogP contribution in [0.1, 0.15) is 22.3 Å². The number of ether oxygens (including phenoxy) is 1. The van der Waals surface area contributed by atoms with Crippen LogP contribution in [-0.2, 0) is 16.3 Å². The second kappa shape index (κ2) is 8.34. The van der Waals surface area contributed by atoms with E-state index < -0.39 is 9.84 Å². The molecule has 144 valence electrons. The van der Waals surface area contributed by atoms with Crippen molar-refractivity contribution in [2.75, 3.05) is 30.5 Å². The van der Waals surface area contributed by atoms with Crippen molar-refractivity contribution in [2.24, 2.45) is 0 Å². The fourth-order valence-corrected chi connectivity index (χ4v) is 4.50. The summed E-state index contributed by atoms with van der Waals surface area (Å²) < 4.78 is 28.1. The van der Waals surface area contributed by atoms with Crippen LogP contribution in [0.2, 0.25) is 0 Å². The summed E-state index contributed by atoms with van der Waals surface area (Å²) in [6.07, 6.45) is 4.11. The number of benzene rings is 1. The van der Waals surface area contributed by atoms with Crippen LogP contribution >= 0.6 is 0 Å². The van der Waals surface area contributed by atoms with E-state index >= 15 is 0 Å². The van der Waals surface area contributed by atoms with Crippen molar-refractivity contribution in [1.29, 1.82) is 0 Å². The predicted molar refractivity (Wildman–Crippen MR) is 102 cm³/mol. The van der Waals surface area contributed by atoms with Gasteiger partial charge in [0, 0.05) is 25.0 Å². The molecule has 1 unspecified atom stereocenters. The van der Waals surface area contributed by atoms with Gasteiger partial charge >= 0.3 is 0 Å². The van der Waals surface area contributed by atoms with E-state index in [1.54, 1.807) is 7.11 Å². The zero-order valence-electron chi connectivity index (χ0n) is 15.0. The molecule has 1 aliphatic rings. The van der Waals surface area contributed by atoms with Crippen LogP contribution in [0, 0.1) is 0 Å². The standard InChI is InChI=1S/C18H22N4O4S/c1-26-16-4-2-13(3-5-16)6-8-19-17(23)14-10-20-18(21-11-14)22-15-7-9-27(24,25)12-15/h2-5,10-11,15H,6-9,12H2,1H3,(H,19,23)(H,20,21,22). The molecule has 2 aromatic rings. The van der Waals surface area contributed by atoms with Gasteiger partial charge in [0.2, 0.25) is 5.95 Å². The first kappa shape index (κ1) is 19.1. The highest BCUT2D eigenvalue weighted by atomic mass is 32.2. The van der Waals surface area contributed by atoms with Gasteiger partial charge in [-0.3, -0.25) is 4.79 Å². The number of hydrogen-bond donors (Lipinski definition) is 2. The lowest BCUT2D eigenvalue weighted by molar-refractivity contribution is 0.0953. The Morgan fingerprint density at radius 3 is 2.52 bits per heavy atom. The monoisotopic (exact) mass is 390 g/mol. The summed E-state index contributed by atoms with van der Waals surface area (Å²) in [5, 5.41) is 5.82. The largest absolute Gasteiger partial charge is 0.497 e. The fourth-order valence-electron chi connectivity index (χ4n) is 2.83. The Hall–Kier alpha value is -2.68. The molecule has 0 aliphatic carbocycles. The molecule has 1 amide bonds. The molecule has 1 aromatic carbocycles. The zero-order chi connectivity index (χ0) is 19.3. The Kier molecular flexibility index (Phi) is 5.90. The van der Waals surface area contributed by atoms with E-state index in [1.807, 2.05) is 24.3 Å². The first-order valence-electron chi connectivity index (χ1n) is 8.65. The van der Waals surface area contributed by atoms with Crippen molar-refractivity contribution in [3.05, 3.63) is 47.8 Å². The molecule has 3 rings (SSSR count). The Labute approximate surface area is 158 Å². The summed E-state index contributed by atoms with van der Waals surface area (Å²) in [6.45, 7) is 0.491. The lowest BCUT2D eigenvalue weighted by Crippen LogP contribution is -2.26. The second-order valence-electron chi connectivity index (χ2n) is 6.39. The van der Waals surface area contributed by atoms with Crippen LogP contribution in [0.4, 0.5) is 5.95 Å². The number of methoxy groups -OCH3 is 1. The fraction of sp³-hybridized carbons (Fsp3) is 0.389. The quantitative estimate of drug-likeness (QED) is 0.727. The van der Waals surface area contributed by atoms with E-state index in [9.17, 15) is 13.2 Å². The Balaban J connectivity index is 1.47. The summed E-state index contributed by atoms with van der Waals surface area (Å²) >= 11 is 0. The minimum atomic E-state index is -2.96. The summed E-state index contributed by atoms with van der Waals surface area (Å²) in [6, 6.07) is 7.49. The zero-order valence-corrected chi connectivity index (χ0v) is 15.8. The van der Waals surface area contributed by atoms with E-state index in [1.165, 1.54) is 12.4 Å². The van der Waals surface area contributed by atoms with Crippen molar-refractivity contribution in [3.8, 4) is 5.75 Å². The van der Waals surface area contributed by atoms with Gasteiger partial charge in [-0.15, -0.1) is 0 Å². The number of carbonyl (C=O) groups excluding carboxylic acids is 1. The molecule has 0 radical (unpaired) electrons. The van der Waals surface area contributed by atoms with Crippen molar-refractivity contribution in [1.82, 2.24) is 15.3 Å². The van der Waals surface area contributed by atoms with E-state index in [2.05, 4.69) is 20.6 Å². The average Bonchev–Trinajstić information content (AvgIpc) is 3.01. The van der Waals surface area contributed by atoms with Crippen LogP contribution in [0.5, 0.6) is 5.75 Å². The summed E-state index contributed by atoms with van der Waals surface area (Å²) in [5.74, 6) is 1.14. The topological polar surface area (TPSA) is 110 Å². The second-order valence-corrected chi connectivity index (χ2v) is 8.62. The number of anilines is 1. The van der Waals surface area contributed by atoms with Crippen molar-refractivity contribution >= 4 is 21.7 Å². The normalized spacial score (nSPS) is 18.0. The van der Waals surface area contributed by atoms with Gasteiger partial charge in [0.15, 0.2) is 9.84 Å². The van der Waals surface area contributed by atoms with E-state index in [0.29, 0.717) is 30.9 Å². The van der Waals surface area contributed by atoms with E-state index in [-0.39, 0.29) is 23.5 Å². The highest BCUT2D eigenvalue weighted by Crippen LogP contribution is 2.15. The Bertz CT molecular complexity index is 883. The number of hydrogen-bond acceptors (Lipinski definition) is 7. The number of aromatic nitrogens is 2. The molecule has 1 fully saturated rings. The van der Waals surface area contributed by atoms with Gasteiger partial charge in [0.1, 0.15) is 5.75 Å². The molecule has 1 aromatic heterocycles. The van der Waals surface area contributed by atoms with Gasteiger partial charge in [0.05, 0.1) is 24.2 Å². The number of carbonyl (C=O) groups is 1. The third-order valence-electron chi connectivity index (χ3n) is 4.34. The SMILES string of the molecule is COc1ccc(CCNC(=O)c2cnc(NC3CCS(=O)(=O)C3)nc2)cc1. The van der Waals surface area contributed by atoms with Crippen molar-refractivity contribution < 1.29 is 17.9 Å². The van der Waals surface area contributed by atoms with Crippen LogP contribution in [0.15, 0.2) is 36.7 Å². The molecular weight excluding hydrogens is 368 g/mol. The molecule has 0 spiro atoms. The summed E-state index contributed by atoms with van der Waals surface area (Å²) in [4.78, 5) is 20.4. The van der Waals surface area contributed by atoms with Gasteiger partial charge in [0.25, 0.3) is 5.91 Å². The lowest BCUT2D eigenvalue weighted by atomic mass is 10.1. The summed E-state index contributed by atoms with van der Waals surface area (Å²) in [5.41, 5.74) is 1.45. The van der Waals surface area contributed by atoms with Gasteiger partial charge in [-0.05, 0) is 30.5 Å². The maximum absolute atomic E-state index is 12.2. The molecule has 1 saturated heterocycles. The Morgan fingerprint density at radius 1 is 1.22 bits per heavy atom. The van der Waals surface area contributed by atoms with Crippen LogP contribution in [0.25, 0.3) is 0 Å². The molecule has 9 heteroatoms. The van der Waals surface area contributed by atoms with Crippen LogP contribution in [-0.4, -0.2) is 55.5 Å². The van der Waals surface area contributed by atoms with Gasteiger partial charge in [-0.2, -0.15) is 0 Å². The molecule has 8 nitrogen and oxygen atoms in total. The van der Waals surface area contributed by atoms with Gasteiger partial charge in [-0.1, -0.05) is 12.1 Å². The average molecular weight is 390 g/mol. The highest BCUT2D eigenvalue weighted by molar-refractivity contribution is 7.91. The van der Waals surface area contributed by atoms with Crippen molar-refractivity contribution in [2.45, 2.75) is 18.9 Å². The third kappa shape index (κ3) is 5.40. The number of rotatable bonds is 7. The number of nitrogens with one attached hydrogen (secondary N) is 2. The highest BCUT2D eigenvalue weighted by Gasteiger charge is 2.28. The molecule has 2 heterocycles. The molecule has 1 aliphatic heterocycles. The van der Waals surface area contributed by atoms with Crippen LogP contribution in [0.3, 0.4) is 0 Å². The molecular formula is C18H22N4O4S. The van der Waals surface area contributed by atoms with Gasteiger partial charge in [-0.25, -0.2) is 18.4 Å². The molecule has 1 atom stereocenters. The van der Waals surface area contributed by atoms with Crippen molar-refractivity contribution in [3.63, 3.8) is 0 Å². The minimum Gasteiger partial charge on any atom is -0.497 e. The van der Waals surface area contributed by atoms with Crippen LogP contribution < -0.4 is 15.4 Å². The smallest absolute Gasteiger partial charge is 0.254 e. The number of sulfone groups is 1. The van der Waals surface area contributed by atoms with E-state index in [0.717, 1.165) is 11.3 Å². The molecule has 0 saturated carbocycles. The number of nitrogens with zero attached hydrogens (tertiary/aromatic N) is 2. The first-order valence-corrected chi connectivity index (χ1v) is 10.5. The number of amides is 1. The predicted octanol–water partition coefficient (Wildman–Crippen LogP) is 1.06. The summed E-state index contributed by atoms with van der Waals surface area (Å²) in [7, 11) is -1.34. The molecule has 27 heavy (non-hydrogen) atoms. The molecule has 2 N–H and O–H groups in total. The van der Waals surface area contributed by atoms with Gasteiger partial charge < -0.3 is 15.4 Å². The maximum Gasteiger partial charge on any atom is 0.254 e.